The van der Waals surface area contributed by atoms with E-state index in [1.165, 1.54) is 5.69 Å². The number of rotatable bonds is 8. The normalized spacial score (nSPS) is 20.5. The first-order valence-corrected chi connectivity index (χ1v) is 15.3. The number of aromatic nitrogens is 4. The van der Waals surface area contributed by atoms with Crippen LogP contribution in [0, 0.1) is 5.92 Å². The van der Waals surface area contributed by atoms with Gasteiger partial charge in [0.15, 0.2) is 11.5 Å². The van der Waals surface area contributed by atoms with E-state index in [9.17, 15) is 9.59 Å². The molecule has 0 spiro atoms. The maximum atomic E-state index is 13.2. The number of nitrogens with one attached hydrogen (secondary N) is 3. The van der Waals surface area contributed by atoms with Crippen LogP contribution >= 0.6 is 0 Å². The summed E-state index contributed by atoms with van der Waals surface area (Å²) in [6.07, 6.45) is 8.88. The number of likely N-dealkylation sites (tertiary alicyclic amines) is 1. The van der Waals surface area contributed by atoms with Crippen molar-refractivity contribution in [3.05, 3.63) is 41.9 Å². The molecule has 2 aromatic heterocycles. The van der Waals surface area contributed by atoms with Crippen LogP contribution in [0.1, 0.15) is 80.1 Å². The number of carbonyl (C=O) groups is 2. The van der Waals surface area contributed by atoms with Crippen molar-refractivity contribution in [3.63, 3.8) is 0 Å². The Balaban J connectivity index is 1.26. The highest BCUT2D eigenvalue weighted by Gasteiger charge is 2.36. The minimum atomic E-state index is -0.265. The zero-order chi connectivity index (χ0) is 29.0. The molecule has 0 radical (unpaired) electrons. The lowest BCUT2D eigenvalue weighted by molar-refractivity contribution is -0.117. The third kappa shape index (κ3) is 4.99. The van der Waals surface area contributed by atoms with Crippen molar-refractivity contribution in [3.8, 4) is 11.1 Å². The molecule has 4 heterocycles. The highest BCUT2D eigenvalue weighted by atomic mass is 16.2. The molecule has 1 atom stereocenters. The van der Waals surface area contributed by atoms with Crippen molar-refractivity contribution in [2.45, 2.75) is 70.0 Å². The Bertz CT molecular complexity index is 1520. The quantitative estimate of drug-likeness (QED) is 0.363. The summed E-state index contributed by atoms with van der Waals surface area (Å²) < 4.78 is 2.29. The number of amides is 2. The number of anilines is 4. The SMILES string of the molecule is CCC1c2c(cnn2C2CCN(C)CC2)-c2cccc(Nc3cc(NC(=O)C4CC4)nnc3C(=O)NC3CC3)c2N1C. The van der Waals surface area contributed by atoms with E-state index in [1.807, 2.05) is 18.3 Å². The molecule has 2 aliphatic carbocycles. The van der Waals surface area contributed by atoms with E-state index in [1.54, 1.807) is 6.07 Å². The van der Waals surface area contributed by atoms with Gasteiger partial charge in [0.2, 0.25) is 5.91 Å². The van der Waals surface area contributed by atoms with Crippen LogP contribution in [0.25, 0.3) is 11.1 Å². The Morgan fingerprint density at radius 1 is 0.976 bits per heavy atom. The predicted octanol–water partition coefficient (Wildman–Crippen LogP) is 4.49. The highest BCUT2D eigenvalue weighted by Crippen LogP contribution is 2.50. The van der Waals surface area contributed by atoms with Crippen LogP contribution in [0.15, 0.2) is 30.5 Å². The summed E-state index contributed by atoms with van der Waals surface area (Å²) in [4.78, 5) is 30.4. The zero-order valence-corrected chi connectivity index (χ0v) is 24.6. The van der Waals surface area contributed by atoms with E-state index < -0.39 is 0 Å². The minimum absolute atomic E-state index is 0.0338. The van der Waals surface area contributed by atoms with E-state index in [4.69, 9.17) is 5.10 Å². The van der Waals surface area contributed by atoms with E-state index in [2.05, 4.69) is 67.7 Å². The van der Waals surface area contributed by atoms with Crippen LogP contribution in [0.5, 0.6) is 0 Å². The largest absolute Gasteiger partial charge is 0.364 e. The second-order valence-electron chi connectivity index (χ2n) is 12.3. The van der Waals surface area contributed by atoms with Gasteiger partial charge in [-0.05, 0) is 71.1 Å². The van der Waals surface area contributed by atoms with Gasteiger partial charge in [-0.3, -0.25) is 14.3 Å². The van der Waals surface area contributed by atoms with E-state index in [0.29, 0.717) is 17.5 Å². The number of piperidine rings is 1. The van der Waals surface area contributed by atoms with Crippen LogP contribution in [0.2, 0.25) is 0 Å². The molecular weight excluding hydrogens is 530 g/mol. The average Bonchev–Trinajstić information content (AvgIpc) is 3.92. The second kappa shape index (κ2) is 10.7. The molecule has 4 aliphatic rings. The Kier molecular flexibility index (Phi) is 6.84. The smallest absolute Gasteiger partial charge is 0.274 e. The number of benzene rings is 1. The van der Waals surface area contributed by atoms with Crippen molar-refractivity contribution in [1.82, 2.24) is 30.2 Å². The maximum Gasteiger partial charge on any atom is 0.274 e. The first-order valence-electron chi connectivity index (χ1n) is 15.3. The third-order valence-corrected chi connectivity index (χ3v) is 9.11. The van der Waals surface area contributed by atoms with Crippen molar-refractivity contribution in [2.24, 2.45) is 5.92 Å². The molecule has 1 unspecified atom stereocenters. The predicted molar refractivity (Wildman–Crippen MR) is 162 cm³/mol. The average molecular weight is 570 g/mol. The summed E-state index contributed by atoms with van der Waals surface area (Å²) in [7, 11) is 4.32. The lowest BCUT2D eigenvalue weighted by atomic mass is 9.91. The van der Waals surface area contributed by atoms with Gasteiger partial charge in [0.25, 0.3) is 5.91 Å². The van der Waals surface area contributed by atoms with Gasteiger partial charge in [-0.2, -0.15) is 5.10 Å². The molecule has 3 aromatic rings. The van der Waals surface area contributed by atoms with Crippen molar-refractivity contribution < 1.29 is 9.59 Å². The number of nitrogens with zero attached hydrogens (tertiary/aromatic N) is 6. The van der Waals surface area contributed by atoms with E-state index in [0.717, 1.165) is 80.5 Å². The summed E-state index contributed by atoms with van der Waals surface area (Å²) >= 11 is 0. The van der Waals surface area contributed by atoms with Crippen LogP contribution in [-0.2, 0) is 4.79 Å². The molecular formula is C31H39N9O2. The molecule has 1 saturated heterocycles. The van der Waals surface area contributed by atoms with Gasteiger partial charge in [0.05, 0.1) is 41.0 Å². The molecule has 2 saturated carbocycles. The van der Waals surface area contributed by atoms with Crippen LogP contribution < -0.4 is 20.9 Å². The molecule has 11 heteroatoms. The molecule has 2 aliphatic heterocycles. The number of hydrogen-bond donors (Lipinski definition) is 3. The Labute approximate surface area is 246 Å². The lowest BCUT2D eigenvalue weighted by Crippen LogP contribution is -2.35. The fraction of sp³-hybridized carbons (Fsp3) is 0.516. The fourth-order valence-corrected chi connectivity index (χ4v) is 6.41. The van der Waals surface area contributed by atoms with Gasteiger partial charge in [-0.1, -0.05) is 19.1 Å². The van der Waals surface area contributed by atoms with Gasteiger partial charge in [0, 0.05) is 36.2 Å². The van der Waals surface area contributed by atoms with Crippen molar-refractivity contribution in [2.75, 3.05) is 42.7 Å². The number of carbonyl (C=O) groups excluding carboxylic acids is 2. The monoisotopic (exact) mass is 569 g/mol. The van der Waals surface area contributed by atoms with Gasteiger partial charge < -0.3 is 25.8 Å². The van der Waals surface area contributed by atoms with Crippen molar-refractivity contribution >= 4 is 34.7 Å². The summed E-state index contributed by atoms with van der Waals surface area (Å²) in [5.74, 6) is 0.0520. The number of hydrogen-bond acceptors (Lipinski definition) is 8. The summed E-state index contributed by atoms with van der Waals surface area (Å²) in [6.45, 7) is 4.38. The molecule has 220 valence electrons. The number of para-hydroxylation sites is 1. The number of fused-ring (bicyclic) bond motifs is 3. The Morgan fingerprint density at radius 2 is 1.76 bits per heavy atom. The summed E-state index contributed by atoms with van der Waals surface area (Å²) in [5, 5.41) is 22.9. The molecule has 2 amide bonds. The maximum absolute atomic E-state index is 13.2. The summed E-state index contributed by atoms with van der Waals surface area (Å²) in [6, 6.07) is 8.66. The minimum Gasteiger partial charge on any atom is -0.364 e. The fourth-order valence-electron chi connectivity index (χ4n) is 6.41. The van der Waals surface area contributed by atoms with Gasteiger partial charge in [-0.25, -0.2) is 0 Å². The van der Waals surface area contributed by atoms with Crippen molar-refractivity contribution in [1.29, 1.82) is 0 Å². The van der Waals surface area contributed by atoms with Crippen LogP contribution in [0.4, 0.5) is 22.9 Å². The molecule has 3 N–H and O–H groups in total. The highest BCUT2D eigenvalue weighted by molar-refractivity contribution is 6.01. The topological polar surface area (TPSA) is 120 Å². The van der Waals surface area contributed by atoms with Crippen LogP contribution in [-0.4, -0.2) is 69.9 Å². The molecule has 0 bridgehead atoms. The molecule has 42 heavy (non-hydrogen) atoms. The summed E-state index contributed by atoms with van der Waals surface area (Å²) in [5.41, 5.74) is 6.18. The molecule has 1 aromatic carbocycles. The molecule has 3 fully saturated rings. The third-order valence-electron chi connectivity index (χ3n) is 9.11. The van der Waals surface area contributed by atoms with E-state index in [-0.39, 0.29) is 35.5 Å². The molecule has 7 rings (SSSR count). The standard InChI is InChI=1S/C31H39N9O2/c1-4-25-29-22(17-32-40(29)20-12-14-38(2)15-13-20)21-6-5-7-23(28(21)39(25)3)34-24-16-26(35-30(41)18-8-9-18)36-37-27(24)31(42)33-19-10-11-19/h5-7,16-20,25H,4,8-15H2,1-3H3,(H,33,42)(H2,34,35,36,41). The zero-order valence-electron chi connectivity index (χ0n) is 24.6. The van der Waals surface area contributed by atoms with Gasteiger partial charge in [-0.15, -0.1) is 10.2 Å². The van der Waals surface area contributed by atoms with Gasteiger partial charge >= 0.3 is 0 Å². The second-order valence-corrected chi connectivity index (χ2v) is 12.3. The Morgan fingerprint density at radius 3 is 2.48 bits per heavy atom. The van der Waals surface area contributed by atoms with Gasteiger partial charge in [0.1, 0.15) is 0 Å². The first kappa shape index (κ1) is 26.9. The molecule has 11 nitrogen and oxygen atoms in total. The lowest BCUT2D eigenvalue weighted by Gasteiger charge is -2.39. The van der Waals surface area contributed by atoms with E-state index >= 15 is 0 Å². The van der Waals surface area contributed by atoms with Crippen LogP contribution in [0.3, 0.4) is 0 Å². The first-order chi connectivity index (χ1) is 20.4. The Hall–Kier alpha value is -3.99.